The smallest absolute Gasteiger partial charge is 0.319 e. The van der Waals surface area contributed by atoms with Crippen LogP contribution in [0.25, 0.3) is 0 Å². The normalized spacial score (nSPS) is 11.8. The van der Waals surface area contributed by atoms with Gasteiger partial charge < -0.3 is 10.1 Å². The number of anilines is 1. The molecule has 0 spiro atoms. The van der Waals surface area contributed by atoms with E-state index in [1.807, 2.05) is 44.2 Å². The summed E-state index contributed by atoms with van der Waals surface area (Å²) in [5, 5.41) is 6.57. The number of nitrogens with zero attached hydrogens (tertiary/aromatic N) is 2. The quantitative estimate of drug-likeness (QED) is 0.642. The molecule has 24 heavy (non-hydrogen) atoms. The maximum Gasteiger partial charge on any atom is 0.319 e. The minimum atomic E-state index is -0.418. The van der Waals surface area contributed by atoms with Crippen molar-refractivity contribution in [2.75, 3.05) is 11.9 Å². The molecule has 2 rings (SSSR count). The zero-order valence-electron chi connectivity index (χ0n) is 14.2. The molecule has 1 aromatic carbocycles. The molecule has 128 valence electrons. The van der Waals surface area contributed by atoms with Crippen molar-refractivity contribution >= 4 is 29.3 Å². The van der Waals surface area contributed by atoms with E-state index in [-0.39, 0.29) is 17.8 Å². The van der Waals surface area contributed by atoms with Gasteiger partial charge in [-0.25, -0.2) is 0 Å². The molecule has 0 aliphatic rings. The predicted molar refractivity (Wildman–Crippen MR) is 94.0 cm³/mol. The van der Waals surface area contributed by atoms with Gasteiger partial charge in [0.15, 0.2) is 6.61 Å². The van der Waals surface area contributed by atoms with Crippen molar-refractivity contribution in [3.05, 3.63) is 41.7 Å². The summed E-state index contributed by atoms with van der Waals surface area (Å²) in [5.74, 6) is -0.793. The number of amides is 1. The van der Waals surface area contributed by atoms with Crippen molar-refractivity contribution in [1.29, 1.82) is 0 Å². The third kappa shape index (κ3) is 4.61. The Balaban J connectivity index is 1.83. The second kappa shape index (κ2) is 8.01. The Kier molecular flexibility index (Phi) is 6.03. The van der Waals surface area contributed by atoms with E-state index in [2.05, 4.69) is 10.4 Å². The first-order valence-corrected chi connectivity index (χ1v) is 8.45. The summed E-state index contributed by atoms with van der Waals surface area (Å²) in [6.07, 6.45) is 0. The minimum Gasteiger partial charge on any atom is -0.455 e. The molecule has 1 amide bonds. The minimum absolute atomic E-state index is 0.313. The fourth-order valence-electron chi connectivity index (χ4n) is 2.14. The van der Waals surface area contributed by atoms with E-state index in [0.29, 0.717) is 5.69 Å². The van der Waals surface area contributed by atoms with Crippen LogP contribution in [0.4, 0.5) is 5.69 Å². The van der Waals surface area contributed by atoms with Crippen LogP contribution in [-0.4, -0.2) is 33.5 Å². The Bertz CT molecular complexity index is 728. The second-order valence-electron chi connectivity index (χ2n) is 5.40. The number of esters is 1. The van der Waals surface area contributed by atoms with Crippen molar-refractivity contribution < 1.29 is 14.3 Å². The Morgan fingerprint density at radius 2 is 1.96 bits per heavy atom. The van der Waals surface area contributed by atoms with Gasteiger partial charge in [-0.2, -0.15) is 5.10 Å². The second-order valence-corrected chi connectivity index (χ2v) is 6.81. The molecular weight excluding hydrogens is 326 g/mol. The summed E-state index contributed by atoms with van der Waals surface area (Å²) in [7, 11) is 1.81. The zero-order valence-corrected chi connectivity index (χ0v) is 15.0. The van der Waals surface area contributed by atoms with Crippen molar-refractivity contribution in [2.24, 2.45) is 7.05 Å². The maximum atomic E-state index is 12.0. The number of thioether (sulfide) groups is 1. The van der Waals surface area contributed by atoms with Crippen LogP contribution in [0.3, 0.4) is 0 Å². The monoisotopic (exact) mass is 347 g/mol. The number of carbonyl (C=O) groups is 2. The molecule has 1 aromatic heterocycles. The fraction of sp³-hybridized carbons (Fsp3) is 0.353. The van der Waals surface area contributed by atoms with Crippen LogP contribution < -0.4 is 5.32 Å². The van der Waals surface area contributed by atoms with Crippen LogP contribution in [0.15, 0.2) is 35.2 Å². The van der Waals surface area contributed by atoms with E-state index in [0.717, 1.165) is 16.3 Å². The Labute approximate surface area is 145 Å². The van der Waals surface area contributed by atoms with Crippen molar-refractivity contribution in [2.45, 2.75) is 30.9 Å². The summed E-state index contributed by atoms with van der Waals surface area (Å²) >= 11 is 1.40. The average Bonchev–Trinajstić information content (AvgIpc) is 2.79. The van der Waals surface area contributed by atoms with E-state index in [1.165, 1.54) is 11.8 Å². The molecule has 0 saturated heterocycles. The number of hydrogen-bond acceptors (Lipinski definition) is 5. The summed E-state index contributed by atoms with van der Waals surface area (Å²) < 4.78 is 6.79. The molecule has 6 nitrogen and oxygen atoms in total. The van der Waals surface area contributed by atoms with E-state index in [1.54, 1.807) is 18.7 Å². The molecule has 1 N–H and O–H groups in total. The molecular formula is C17H21N3O3S. The van der Waals surface area contributed by atoms with Crippen LogP contribution in [0, 0.1) is 13.8 Å². The summed E-state index contributed by atoms with van der Waals surface area (Å²) in [6, 6.07) is 9.59. The van der Waals surface area contributed by atoms with Gasteiger partial charge in [0.2, 0.25) is 0 Å². The molecule has 7 heteroatoms. The Morgan fingerprint density at radius 3 is 2.54 bits per heavy atom. The van der Waals surface area contributed by atoms with Gasteiger partial charge in [-0.1, -0.05) is 18.2 Å². The largest absolute Gasteiger partial charge is 0.455 e. The van der Waals surface area contributed by atoms with E-state index in [4.69, 9.17) is 4.74 Å². The van der Waals surface area contributed by atoms with E-state index < -0.39 is 5.97 Å². The summed E-state index contributed by atoms with van der Waals surface area (Å²) in [5.41, 5.74) is 2.23. The topological polar surface area (TPSA) is 73.2 Å². The van der Waals surface area contributed by atoms with Gasteiger partial charge in [0.1, 0.15) is 5.25 Å². The van der Waals surface area contributed by atoms with Crippen LogP contribution in [0.2, 0.25) is 0 Å². The van der Waals surface area contributed by atoms with Crippen molar-refractivity contribution in [3.63, 3.8) is 0 Å². The number of aromatic nitrogens is 2. The highest BCUT2D eigenvalue weighted by atomic mass is 32.2. The van der Waals surface area contributed by atoms with Crippen LogP contribution in [0.1, 0.15) is 18.3 Å². The summed E-state index contributed by atoms with van der Waals surface area (Å²) in [6.45, 7) is 5.12. The van der Waals surface area contributed by atoms with Crippen LogP contribution in [-0.2, 0) is 21.4 Å². The van der Waals surface area contributed by atoms with Gasteiger partial charge in [-0.05, 0) is 32.9 Å². The van der Waals surface area contributed by atoms with Gasteiger partial charge in [0, 0.05) is 11.9 Å². The molecule has 0 unspecified atom stereocenters. The fourth-order valence-corrected chi connectivity index (χ4v) is 3.02. The number of carbonyl (C=O) groups excluding carboxylic acids is 2. The van der Waals surface area contributed by atoms with Crippen molar-refractivity contribution in [3.8, 4) is 0 Å². The first-order chi connectivity index (χ1) is 11.4. The lowest BCUT2D eigenvalue weighted by Crippen LogP contribution is -2.25. The Morgan fingerprint density at radius 1 is 1.29 bits per heavy atom. The number of nitrogens with one attached hydrogen (secondary N) is 1. The third-order valence-corrected chi connectivity index (χ3v) is 4.60. The molecule has 0 fully saturated rings. The highest BCUT2D eigenvalue weighted by molar-refractivity contribution is 8.00. The van der Waals surface area contributed by atoms with E-state index in [9.17, 15) is 9.59 Å². The van der Waals surface area contributed by atoms with Gasteiger partial charge in [0.05, 0.1) is 17.1 Å². The summed E-state index contributed by atoms with van der Waals surface area (Å²) in [4.78, 5) is 25.0. The Hall–Kier alpha value is -2.28. The van der Waals surface area contributed by atoms with Crippen LogP contribution >= 0.6 is 11.8 Å². The van der Waals surface area contributed by atoms with Crippen molar-refractivity contribution in [1.82, 2.24) is 9.78 Å². The molecule has 0 bridgehead atoms. The number of ether oxygens (including phenoxy) is 1. The predicted octanol–water partition coefficient (Wildman–Crippen LogP) is 2.70. The standard InChI is InChI=1S/C17H21N3O3S/c1-11-16(12(2)20(4)19-11)18-15(21)10-23-17(22)13(3)24-14-8-6-5-7-9-14/h5-9,13H,10H2,1-4H3,(H,18,21)/t13-/m1/s1. The lowest BCUT2D eigenvalue weighted by atomic mass is 10.3. The number of benzene rings is 1. The number of aryl methyl sites for hydroxylation is 2. The highest BCUT2D eigenvalue weighted by Crippen LogP contribution is 2.23. The first-order valence-electron chi connectivity index (χ1n) is 7.57. The van der Waals surface area contributed by atoms with Gasteiger partial charge in [-0.15, -0.1) is 11.8 Å². The highest BCUT2D eigenvalue weighted by Gasteiger charge is 2.18. The SMILES string of the molecule is Cc1nn(C)c(C)c1NC(=O)COC(=O)[C@@H](C)Sc1ccccc1. The molecule has 1 atom stereocenters. The molecule has 2 aromatic rings. The first kappa shape index (κ1) is 18.1. The van der Waals surface area contributed by atoms with Gasteiger partial charge >= 0.3 is 5.97 Å². The van der Waals surface area contributed by atoms with Gasteiger partial charge in [0.25, 0.3) is 5.91 Å². The zero-order chi connectivity index (χ0) is 17.7. The van der Waals surface area contributed by atoms with E-state index >= 15 is 0 Å². The van der Waals surface area contributed by atoms with Crippen LogP contribution in [0.5, 0.6) is 0 Å². The van der Waals surface area contributed by atoms with Gasteiger partial charge in [-0.3, -0.25) is 14.3 Å². The lowest BCUT2D eigenvalue weighted by molar-refractivity contribution is -0.146. The molecule has 0 aliphatic heterocycles. The lowest BCUT2D eigenvalue weighted by Gasteiger charge is -2.11. The number of rotatable bonds is 6. The number of hydrogen-bond donors (Lipinski definition) is 1. The molecule has 1 heterocycles. The molecule has 0 aliphatic carbocycles. The molecule has 0 radical (unpaired) electrons. The molecule has 0 saturated carbocycles. The third-order valence-electron chi connectivity index (χ3n) is 3.51. The maximum absolute atomic E-state index is 12.0. The average molecular weight is 347 g/mol.